The van der Waals surface area contributed by atoms with E-state index in [9.17, 15) is 4.79 Å². The second-order valence-electron chi connectivity index (χ2n) is 7.00. The molecule has 2 heterocycles. The molecule has 1 aromatic heterocycles. The van der Waals surface area contributed by atoms with Crippen LogP contribution in [0.25, 0.3) is 0 Å². The van der Waals surface area contributed by atoms with Crippen molar-refractivity contribution in [2.75, 3.05) is 46.4 Å². The van der Waals surface area contributed by atoms with Crippen LogP contribution < -0.4 is 4.74 Å². The molecule has 1 saturated heterocycles. The number of rotatable bonds is 8. The van der Waals surface area contributed by atoms with Crippen LogP contribution in [0, 0.1) is 0 Å². The van der Waals surface area contributed by atoms with Crippen molar-refractivity contribution >= 4 is 17.2 Å². The van der Waals surface area contributed by atoms with Crippen LogP contribution in [0.2, 0.25) is 0 Å². The Morgan fingerprint density at radius 1 is 1.19 bits per heavy atom. The van der Waals surface area contributed by atoms with E-state index in [1.807, 2.05) is 37.1 Å². The summed E-state index contributed by atoms with van der Waals surface area (Å²) < 4.78 is 5.69. The van der Waals surface area contributed by atoms with Crippen LogP contribution in [0.15, 0.2) is 41.1 Å². The Bertz CT molecular complexity index is 712. The summed E-state index contributed by atoms with van der Waals surface area (Å²) in [5.74, 6) is 1.11. The van der Waals surface area contributed by atoms with E-state index in [-0.39, 0.29) is 5.91 Å². The molecule has 3 rings (SSSR count). The first kappa shape index (κ1) is 19.9. The van der Waals surface area contributed by atoms with Gasteiger partial charge < -0.3 is 9.64 Å². The van der Waals surface area contributed by atoms with Crippen molar-refractivity contribution in [2.45, 2.75) is 20.0 Å². The molecular formula is C21H29N3O2S. The van der Waals surface area contributed by atoms with E-state index in [2.05, 4.69) is 32.7 Å². The van der Waals surface area contributed by atoms with Crippen LogP contribution in [-0.4, -0.2) is 67.0 Å². The largest absolute Gasteiger partial charge is 0.494 e. The first-order valence-corrected chi connectivity index (χ1v) is 10.5. The molecule has 0 spiro atoms. The molecule has 1 aliphatic heterocycles. The van der Waals surface area contributed by atoms with Gasteiger partial charge in [0.25, 0.3) is 0 Å². The van der Waals surface area contributed by atoms with Gasteiger partial charge in [0.1, 0.15) is 5.75 Å². The quantitative estimate of drug-likeness (QED) is 0.698. The lowest BCUT2D eigenvalue weighted by molar-refractivity contribution is -0.134. The van der Waals surface area contributed by atoms with Gasteiger partial charge in [-0.1, -0.05) is 18.2 Å². The zero-order valence-corrected chi connectivity index (χ0v) is 17.1. The van der Waals surface area contributed by atoms with E-state index in [1.54, 1.807) is 11.3 Å². The van der Waals surface area contributed by atoms with Crippen molar-refractivity contribution in [3.63, 3.8) is 0 Å². The molecule has 5 nitrogen and oxygen atoms in total. The van der Waals surface area contributed by atoms with E-state index in [1.165, 1.54) is 5.56 Å². The highest BCUT2D eigenvalue weighted by Gasteiger charge is 2.22. The van der Waals surface area contributed by atoms with E-state index in [0.717, 1.165) is 44.0 Å². The van der Waals surface area contributed by atoms with Gasteiger partial charge >= 0.3 is 0 Å². The summed E-state index contributed by atoms with van der Waals surface area (Å²) in [6.07, 6.45) is 0. The minimum absolute atomic E-state index is 0.210. The number of carbonyl (C=O) groups is 1. The SMILES string of the molecule is CCOc1ccccc1CN(C)CC(=O)N1CCN(Cc2ccsc2)CC1. The number of ether oxygens (including phenoxy) is 1. The zero-order valence-electron chi connectivity index (χ0n) is 16.3. The van der Waals surface area contributed by atoms with Gasteiger partial charge in [0.15, 0.2) is 0 Å². The first-order chi connectivity index (χ1) is 13.2. The molecular weight excluding hydrogens is 358 g/mol. The predicted molar refractivity (Wildman–Crippen MR) is 110 cm³/mol. The van der Waals surface area contributed by atoms with Crippen LogP contribution in [-0.2, 0) is 17.9 Å². The third kappa shape index (κ3) is 5.79. The monoisotopic (exact) mass is 387 g/mol. The fourth-order valence-electron chi connectivity index (χ4n) is 3.40. The van der Waals surface area contributed by atoms with Crippen LogP contribution in [0.4, 0.5) is 0 Å². The number of carbonyl (C=O) groups excluding carboxylic acids is 1. The molecule has 2 aromatic rings. The number of para-hydroxylation sites is 1. The fourth-order valence-corrected chi connectivity index (χ4v) is 4.06. The van der Waals surface area contributed by atoms with E-state index in [4.69, 9.17) is 4.74 Å². The maximum atomic E-state index is 12.7. The van der Waals surface area contributed by atoms with E-state index < -0.39 is 0 Å². The maximum Gasteiger partial charge on any atom is 0.236 e. The Labute approximate surface area is 166 Å². The second kappa shape index (κ2) is 9.88. The normalized spacial score (nSPS) is 15.3. The molecule has 0 unspecified atom stereocenters. The molecule has 0 N–H and O–H groups in total. The Morgan fingerprint density at radius 2 is 1.96 bits per heavy atom. The Kier molecular flexibility index (Phi) is 7.26. The Hall–Kier alpha value is -1.89. The van der Waals surface area contributed by atoms with Crippen LogP contribution in [0.1, 0.15) is 18.1 Å². The standard InChI is InChI=1S/C21H29N3O2S/c1-3-26-20-7-5-4-6-19(20)15-22(2)16-21(25)24-11-9-23(10-12-24)14-18-8-13-27-17-18/h4-8,13,17H,3,9-12,14-16H2,1-2H3. The summed E-state index contributed by atoms with van der Waals surface area (Å²) in [5, 5.41) is 4.32. The number of benzene rings is 1. The topological polar surface area (TPSA) is 36.0 Å². The second-order valence-corrected chi connectivity index (χ2v) is 7.78. The average Bonchev–Trinajstić information content (AvgIpc) is 3.17. The summed E-state index contributed by atoms with van der Waals surface area (Å²) in [6.45, 7) is 8.28. The van der Waals surface area contributed by atoms with Gasteiger partial charge in [-0.05, 0) is 42.4 Å². The van der Waals surface area contributed by atoms with Crippen molar-refractivity contribution in [2.24, 2.45) is 0 Å². The number of thiophene rings is 1. The van der Waals surface area contributed by atoms with Crippen molar-refractivity contribution in [1.29, 1.82) is 0 Å². The van der Waals surface area contributed by atoms with Gasteiger partial charge in [-0.2, -0.15) is 11.3 Å². The number of nitrogens with zero attached hydrogens (tertiary/aromatic N) is 3. The van der Waals surface area contributed by atoms with Gasteiger partial charge in [-0.25, -0.2) is 0 Å². The lowest BCUT2D eigenvalue weighted by atomic mass is 10.2. The van der Waals surface area contributed by atoms with Gasteiger partial charge in [-0.15, -0.1) is 0 Å². The molecule has 1 aromatic carbocycles. The molecule has 1 amide bonds. The highest BCUT2D eigenvalue weighted by atomic mass is 32.1. The van der Waals surface area contributed by atoms with Crippen molar-refractivity contribution in [1.82, 2.24) is 14.7 Å². The molecule has 27 heavy (non-hydrogen) atoms. The van der Waals surface area contributed by atoms with Gasteiger partial charge in [0.05, 0.1) is 13.2 Å². The summed E-state index contributed by atoms with van der Waals surface area (Å²) in [4.78, 5) is 19.2. The predicted octanol–water partition coefficient (Wildman–Crippen LogP) is 2.92. The van der Waals surface area contributed by atoms with Crippen molar-refractivity contribution in [3.8, 4) is 5.75 Å². The Morgan fingerprint density at radius 3 is 2.67 bits per heavy atom. The van der Waals surface area contributed by atoms with Gasteiger partial charge in [0.2, 0.25) is 5.91 Å². The van der Waals surface area contributed by atoms with Crippen molar-refractivity contribution < 1.29 is 9.53 Å². The molecule has 0 radical (unpaired) electrons. The van der Waals surface area contributed by atoms with Crippen LogP contribution in [0.3, 0.4) is 0 Å². The number of piperazine rings is 1. The molecule has 0 saturated carbocycles. The number of likely N-dealkylation sites (N-methyl/N-ethyl adjacent to an activating group) is 1. The number of hydrogen-bond acceptors (Lipinski definition) is 5. The molecule has 0 aliphatic carbocycles. The summed E-state index contributed by atoms with van der Waals surface area (Å²) >= 11 is 1.74. The zero-order chi connectivity index (χ0) is 19.1. The number of amides is 1. The van der Waals surface area contributed by atoms with Gasteiger partial charge in [-0.3, -0.25) is 14.6 Å². The van der Waals surface area contributed by atoms with Gasteiger partial charge in [0, 0.05) is 44.8 Å². The smallest absolute Gasteiger partial charge is 0.236 e. The highest BCUT2D eigenvalue weighted by molar-refractivity contribution is 7.07. The summed E-state index contributed by atoms with van der Waals surface area (Å²) in [6, 6.07) is 10.2. The Balaban J connectivity index is 1.45. The van der Waals surface area contributed by atoms with Crippen LogP contribution >= 0.6 is 11.3 Å². The third-order valence-electron chi connectivity index (χ3n) is 4.83. The highest BCUT2D eigenvalue weighted by Crippen LogP contribution is 2.19. The van der Waals surface area contributed by atoms with E-state index >= 15 is 0 Å². The fraction of sp³-hybridized carbons (Fsp3) is 0.476. The number of hydrogen-bond donors (Lipinski definition) is 0. The molecule has 0 bridgehead atoms. The molecule has 1 aliphatic rings. The lowest BCUT2D eigenvalue weighted by Gasteiger charge is -2.35. The minimum Gasteiger partial charge on any atom is -0.494 e. The third-order valence-corrected chi connectivity index (χ3v) is 5.56. The minimum atomic E-state index is 0.210. The average molecular weight is 388 g/mol. The lowest BCUT2D eigenvalue weighted by Crippen LogP contribution is -2.50. The van der Waals surface area contributed by atoms with Crippen LogP contribution in [0.5, 0.6) is 5.75 Å². The first-order valence-electron chi connectivity index (χ1n) is 9.56. The molecule has 146 valence electrons. The van der Waals surface area contributed by atoms with Crippen molar-refractivity contribution in [3.05, 3.63) is 52.2 Å². The molecule has 1 fully saturated rings. The molecule has 6 heteroatoms. The maximum absolute atomic E-state index is 12.7. The van der Waals surface area contributed by atoms with E-state index in [0.29, 0.717) is 19.7 Å². The summed E-state index contributed by atoms with van der Waals surface area (Å²) in [7, 11) is 1.99. The molecule has 0 atom stereocenters. The summed E-state index contributed by atoms with van der Waals surface area (Å²) in [5.41, 5.74) is 2.49.